The predicted molar refractivity (Wildman–Crippen MR) is 94.2 cm³/mol. The summed E-state index contributed by atoms with van der Waals surface area (Å²) in [7, 11) is 0. The molecule has 21 heavy (non-hydrogen) atoms. The van der Waals surface area contributed by atoms with E-state index in [0.29, 0.717) is 0 Å². The minimum Gasteiger partial charge on any atom is -0.239 e. The van der Waals surface area contributed by atoms with Crippen molar-refractivity contribution >= 4 is 22.5 Å². The minimum absolute atomic E-state index is 1.13. The zero-order chi connectivity index (χ0) is 14.5. The molecule has 1 heteroatoms. The van der Waals surface area contributed by atoms with Crippen molar-refractivity contribution in [2.24, 2.45) is 0 Å². The number of benzene rings is 3. The second kappa shape index (κ2) is 5.84. The van der Waals surface area contributed by atoms with Gasteiger partial charge in [0.15, 0.2) is 0 Å². The van der Waals surface area contributed by atoms with Gasteiger partial charge in [0.05, 0.1) is 6.15 Å². The van der Waals surface area contributed by atoms with Gasteiger partial charge in [-0.3, -0.25) is 0 Å². The third-order valence-electron chi connectivity index (χ3n) is 4.33. The van der Waals surface area contributed by atoms with E-state index in [9.17, 15) is 0 Å². The molecular weight excluding hydrogens is 251 g/mol. The Labute approximate surface area is 126 Å². The second-order valence-corrected chi connectivity index (χ2v) is 5.40. The molecule has 3 aromatic rings. The van der Waals surface area contributed by atoms with E-state index in [2.05, 4.69) is 104 Å². The van der Waals surface area contributed by atoms with Crippen LogP contribution in [0, 0.1) is 0 Å². The van der Waals surface area contributed by atoms with E-state index in [1.54, 1.807) is 0 Å². The van der Waals surface area contributed by atoms with Crippen molar-refractivity contribution in [2.45, 2.75) is 0 Å². The van der Waals surface area contributed by atoms with Crippen LogP contribution in [0.3, 0.4) is 0 Å². The van der Waals surface area contributed by atoms with Gasteiger partial charge in [-0.05, 0) is 0 Å². The monoisotopic (exact) mass is 269 g/mol. The average Bonchev–Trinajstić information content (AvgIpc) is 2.59. The zero-order valence-electron chi connectivity index (χ0n) is 12.0. The maximum absolute atomic E-state index is 4.19. The molecule has 3 rings (SSSR count). The highest BCUT2D eigenvalue weighted by Crippen LogP contribution is 2.08. The van der Waals surface area contributed by atoms with Gasteiger partial charge in [0.2, 0.25) is 0 Å². The molecule has 0 fully saturated rings. The van der Waals surface area contributed by atoms with Gasteiger partial charge in [0.25, 0.3) is 0 Å². The molecule has 0 saturated heterocycles. The van der Waals surface area contributed by atoms with Crippen LogP contribution in [0.15, 0.2) is 104 Å². The van der Waals surface area contributed by atoms with Gasteiger partial charge in [0.1, 0.15) is 0 Å². The molecule has 0 amide bonds. The van der Waals surface area contributed by atoms with Crippen molar-refractivity contribution in [1.29, 1.82) is 0 Å². The Morgan fingerprint density at radius 2 is 0.810 bits per heavy atom. The van der Waals surface area contributed by atoms with E-state index in [4.69, 9.17) is 0 Å². The first-order valence-electron chi connectivity index (χ1n) is 7.34. The van der Waals surface area contributed by atoms with Crippen LogP contribution < -0.4 is 16.4 Å². The zero-order valence-corrected chi connectivity index (χ0v) is 12.0. The fraction of sp³-hybridized carbons (Fsp3) is 0. The number of hydrogen-bond acceptors (Lipinski definition) is 0. The van der Waals surface area contributed by atoms with Crippen molar-refractivity contribution in [2.75, 3.05) is 0 Å². The van der Waals surface area contributed by atoms with E-state index in [-0.39, 0.29) is 0 Å². The third-order valence-corrected chi connectivity index (χ3v) is 4.33. The second-order valence-electron chi connectivity index (χ2n) is 5.40. The summed E-state index contributed by atoms with van der Waals surface area (Å²) >= 11 is 0. The van der Waals surface area contributed by atoms with Crippen molar-refractivity contribution in [3.8, 4) is 0 Å². The van der Waals surface area contributed by atoms with Crippen LogP contribution in [-0.4, -0.2) is 6.15 Å². The summed E-state index contributed by atoms with van der Waals surface area (Å²) in [5.41, 5.74) is 3.89. The van der Waals surface area contributed by atoms with E-state index in [1.807, 2.05) is 0 Å². The van der Waals surface area contributed by atoms with Crippen LogP contribution in [-0.2, 0) is 0 Å². The van der Waals surface area contributed by atoms with Crippen LogP contribution in [0.1, 0.15) is 0 Å². The van der Waals surface area contributed by atoms with Gasteiger partial charge in [-0.15, -0.1) is 6.58 Å². The Hall–Kier alpha value is -2.54. The van der Waals surface area contributed by atoms with Crippen LogP contribution in [0.2, 0.25) is 0 Å². The highest BCUT2D eigenvalue weighted by atomic mass is 14.0. The summed E-state index contributed by atoms with van der Waals surface area (Å²) in [4.78, 5) is 0. The average molecular weight is 269 g/mol. The summed E-state index contributed by atoms with van der Waals surface area (Å²) in [6.45, 7) is 4.19. The highest BCUT2D eigenvalue weighted by Gasteiger charge is 2.25. The molecular formula is C20H18B-. The molecule has 3 aromatic carbocycles. The summed E-state index contributed by atoms with van der Waals surface area (Å²) in [6, 6.07) is 31.9. The van der Waals surface area contributed by atoms with Gasteiger partial charge in [-0.2, -0.15) is 16.4 Å². The van der Waals surface area contributed by atoms with Gasteiger partial charge in [0, 0.05) is 0 Å². The molecule has 0 aliphatic heterocycles. The molecule has 0 nitrogen and oxygen atoms in total. The van der Waals surface area contributed by atoms with Crippen molar-refractivity contribution in [1.82, 2.24) is 0 Å². The lowest BCUT2D eigenvalue weighted by atomic mass is 9.16. The summed E-state index contributed by atoms with van der Waals surface area (Å²) in [6.07, 6.45) is -1.13. The van der Waals surface area contributed by atoms with Crippen LogP contribution in [0.5, 0.6) is 0 Å². The fourth-order valence-corrected chi connectivity index (χ4v) is 3.26. The molecule has 0 bridgehead atoms. The SMILES string of the molecule is C=C[B-](c1ccccc1)(c1ccccc1)c1ccccc1. The van der Waals surface area contributed by atoms with Crippen LogP contribution in [0.4, 0.5) is 0 Å². The van der Waals surface area contributed by atoms with Crippen LogP contribution >= 0.6 is 0 Å². The largest absolute Gasteiger partial charge is 0.239 e. The van der Waals surface area contributed by atoms with E-state index < -0.39 is 6.15 Å². The molecule has 0 unspecified atom stereocenters. The topological polar surface area (TPSA) is 0 Å². The molecule has 0 radical (unpaired) electrons. The maximum Gasteiger partial charge on any atom is 0.0998 e. The highest BCUT2D eigenvalue weighted by molar-refractivity contribution is 7.14. The molecule has 0 aliphatic carbocycles. The fourth-order valence-electron chi connectivity index (χ4n) is 3.26. The summed E-state index contributed by atoms with van der Waals surface area (Å²) in [5, 5.41) is 0. The Morgan fingerprint density at radius 3 is 1.05 bits per heavy atom. The Kier molecular flexibility index (Phi) is 3.74. The molecule has 0 aromatic heterocycles. The van der Waals surface area contributed by atoms with E-state index >= 15 is 0 Å². The first-order chi connectivity index (χ1) is 10.4. The van der Waals surface area contributed by atoms with Gasteiger partial charge in [-0.1, -0.05) is 91.0 Å². The molecule has 0 aliphatic rings. The van der Waals surface area contributed by atoms with Crippen molar-refractivity contribution in [3.63, 3.8) is 0 Å². The maximum atomic E-state index is 4.19. The Bertz CT molecular complexity index is 606. The number of rotatable bonds is 4. The van der Waals surface area contributed by atoms with Gasteiger partial charge < -0.3 is 0 Å². The third kappa shape index (κ3) is 2.32. The Balaban J connectivity index is 2.31. The summed E-state index contributed by atoms with van der Waals surface area (Å²) < 4.78 is 0. The van der Waals surface area contributed by atoms with Gasteiger partial charge in [-0.25, -0.2) is 5.98 Å². The first-order valence-corrected chi connectivity index (χ1v) is 7.34. The smallest absolute Gasteiger partial charge is 0.0998 e. The lowest BCUT2D eigenvalue weighted by Crippen LogP contribution is -2.65. The van der Waals surface area contributed by atoms with Gasteiger partial charge >= 0.3 is 0 Å². The van der Waals surface area contributed by atoms with Crippen LogP contribution in [0.25, 0.3) is 0 Å². The number of hydrogen-bond donors (Lipinski definition) is 0. The molecule has 102 valence electrons. The van der Waals surface area contributed by atoms with E-state index in [1.165, 1.54) is 16.4 Å². The van der Waals surface area contributed by atoms with Crippen molar-refractivity contribution < 1.29 is 0 Å². The van der Waals surface area contributed by atoms with E-state index in [0.717, 1.165) is 0 Å². The minimum atomic E-state index is -1.13. The molecule has 0 N–H and O–H groups in total. The normalized spacial score (nSPS) is 11.0. The Morgan fingerprint density at radius 1 is 0.524 bits per heavy atom. The first kappa shape index (κ1) is 13.4. The summed E-state index contributed by atoms with van der Waals surface area (Å²) in [5.74, 6) is 2.11. The lowest BCUT2D eigenvalue weighted by Gasteiger charge is -2.40. The standard InChI is InChI=1S/C20H18B/c1-2-21(18-12-6-3-7-13-18,19-14-8-4-9-15-19)20-16-10-5-11-17-20/h2-17H,1H2/q-1. The molecule has 0 saturated carbocycles. The molecule has 0 heterocycles. The molecule has 0 spiro atoms. The quantitative estimate of drug-likeness (QED) is 0.639. The molecule has 0 atom stereocenters. The predicted octanol–water partition coefficient (Wildman–Crippen LogP) is 2.88. The van der Waals surface area contributed by atoms with Crippen molar-refractivity contribution in [3.05, 3.63) is 104 Å². The lowest BCUT2D eigenvalue weighted by molar-refractivity contribution is 1.68.